The number of aromatic nitrogens is 2. The number of amides is 1. The Kier molecular flexibility index (Phi) is 6.79. The zero-order valence-corrected chi connectivity index (χ0v) is 16.6. The van der Waals surface area contributed by atoms with E-state index in [9.17, 15) is 13.2 Å². The number of carbonyl (C=O) groups is 1. The number of rotatable bonds is 8. The molecule has 0 bridgehead atoms. The number of anilines is 2. The van der Waals surface area contributed by atoms with Crippen molar-refractivity contribution in [3.05, 3.63) is 30.3 Å². The molecule has 0 aliphatic rings. The second-order valence-electron chi connectivity index (χ2n) is 5.28. The van der Waals surface area contributed by atoms with E-state index in [0.717, 1.165) is 27.1 Å². The first kappa shape index (κ1) is 19.7. The Hall–Kier alpha value is -1.65. The van der Waals surface area contributed by atoms with E-state index < -0.39 is 22.0 Å². The molecule has 0 aliphatic carbocycles. The molecule has 0 radical (unpaired) electrons. The van der Waals surface area contributed by atoms with Crippen LogP contribution in [0, 0.1) is 0 Å². The van der Waals surface area contributed by atoms with Crippen LogP contribution in [0.3, 0.4) is 0 Å². The smallest absolute Gasteiger partial charge is 0.249 e. The van der Waals surface area contributed by atoms with Gasteiger partial charge in [-0.25, -0.2) is 8.42 Å². The van der Waals surface area contributed by atoms with Gasteiger partial charge in [-0.3, -0.25) is 14.4 Å². The van der Waals surface area contributed by atoms with Crippen molar-refractivity contribution in [2.45, 2.75) is 30.6 Å². The van der Waals surface area contributed by atoms with E-state index in [1.54, 1.807) is 42.1 Å². The number of benzene rings is 1. The minimum absolute atomic E-state index is 0.358. The Balaban J connectivity index is 2.15. The van der Waals surface area contributed by atoms with Crippen LogP contribution in [0.5, 0.6) is 0 Å². The molecule has 7 nitrogen and oxygen atoms in total. The summed E-state index contributed by atoms with van der Waals surface area (Å²) in [6.45, 7) is 3.61. The van der Waals surface area contributed by atoms with Crippen LogP contribution in [-0.2, 0) is 14.8 Å². The van der Waals surface area contributed by atoms with Crippen molar-refractivity contribution in [3.63, 3.8) is 0 Å². The van der Waals surface area contributed by atoms with Gasteiger partial charge < -0.3 is 0 Å². The number of thioether (sulfide) groups is 1. The van der Waals surface area contributed by atoms with Crippen molar-refractivity contribution in [3.8, 4) is 0 Å². The van der Waals surface area contributed by atoms with Gasteiger partial charge in [0.05, 0.1) is 11.9 Å². The van der Waals surface area contributed by atoms with Crippen molar-refractivity contribution in [2.24, 2.45) is 0 Å². The van der Waals surface area contributed by atoms with Crippen molar-refractivity contribution >= 4 is 49.8 Å². The van der Waals surface area contributed by atoms with Gasteiger partial charge in [0.25, 0.3) is 0 Å². The number of nitrogens with one attached hydrogen (secondary N) is 1. The Morgan fingerprint density at radius 2 is 2.00 bits per heavy atom. The van der Waals surface area contributed by atoms with Gasteiger partial charge in [0.1, 0.15) is 6.04 Å². The van der Waals surface area contributed by atoms with E-state index in [0.29, 0.717) is 10.8 Å². The van der Waals surface area contributed by atoms with E-state index in [1.165, 1.54) is 18.3 Å². The van der Waals surface area contributed by atoms with E-state index in [1.807, 2.05) is 0 Å². The fourth-order valence-corrected chi connectivity index (χ4v) is 4.96. The lowest BCUT2D eigenvalue weighted by Crippen LogP contribution is -2.45. The zero-order valence-electron chi connectivity index (χ0n) is 14.2. The van der Waals surface area contributed by atoms with Gasteiger partial charge >= 0.3 is 0 Å². The Bertz CT molecular complexity index is 808. The molecule has 0 saturated heterocycles. The van der Waals surface area contributed by atoms with Crippen LogP contribution in [-0.4, -0.2) is 42.6 Å². The molecule has 1 aromatic carbocycles. The van der Waals surface area contributed by atoms with Gasteiger partial charge in [-0.15, -0.1) is 10.2 Å². The van der Waals surface area contributed by atoms with Crippen molar-refractivity contribution in [1.82, 2.24) is 10.2 Å². The van der Waals surface area contributed by atoms with Crippen LogP contribution < -0.4 is 9.62 Å². The fraction of sp³-hybridized carbons (Fsp3) is 0.400. The summed E-state index contributed by atoms with van der Waals surface area (Å²) in [5.74, 6) is 0.465. The largest absolute Gasteiger partial charge is 0.299 e. The molecule has 25 heavy (non-hydrogen) atoms. The van der Waals surface area contributed by atoms with E-state index >= 15 is 0 Å². The molecule has 0 fully saturated rings. The minimum atomic E-state index is -3.63. The normalized spacial score (nSPS) is 12.6. The zero-order chi connectivity index (χ0) is 18.4. The molecule has 0 spiro atoms. The van der Waals surface area contributed by atoms with E-state index in [-0.39, 0.29) is 0 Å². The van der Waals surface area contributed by atoms with E-state index in [2.05, 4.69) is 22.4 Å². The molecule has 1 heterocycles. The average molecular weight is 401 g/mol. The van der Waals surface area contributed by atoms with Gasteiger partial charge in [-0.05, 0) is 25.5 Å². The quantitative estimate of drug-likeness (QED) is 0.541. The SMILES string of the molecule is CCCSc1nnc(NC(=O)C(C)N(c2ccccc2)S(C)(=O)=O)s1. The molecule has 1 N–H and O–H groups in total. The second kappa shape index (κ2) is 8.63. The molecule has 1 amide bonds. The van der Waals surface area contributed by atoms with Gasteiger partial charge in [0, 0.05) is 5.75 Å². The van der Waals surface area contributed by atoms with Crippen LogP contribution in [0.25, 0.3) is 0 Å². The monoisotopic (exact) mass is 400 g/mol. The van der Waals surface area contributed by atoms with Crippen LogP contribution in [0.4, 0.5) is 10.8 Å². The van der Waals surface area contributed by atoms with Crippen molar-refractivity contribution in [1.29, 1.82) is 0 Å². The Morgan fingerprint density at radius 3 is 2.60 bits per heavy atom. The van der Waals surface area contributed by atoms with Gasteiger partial charge in [-0.2, -0.15) is 0 Å². The topological polar surface area (TPSA) is 92.3 Å². The second-order valence-corrected chi connectivity index (χ2v) is 9.46. The van der Waals surface area contributed by atoms with Gasteiger partial charge in [-0.1, -0.05) is 48.2 Å². The maximum absolute atomic E-state index is 12.5. The molecule has 2 rings (SSSR count). The summed E-state index contributed by atoms with van der Waals surface area (Å²) in [5, 5.41) is 10.9. The number of nitrogens with zero attached hydrogens (tertiary/aromatic N) is 3. The van der Waals surface area contributed by atoms with Crippen molar-refractivity contribution in [2.75, 3.05) is 21.6 Å². The number of hydrogen-bond donors (Lipinski definition) is 1. The first-order valence-corrected chi connectivity index (χ1v) is 11.3. The van der Waals surface area contributed by atoms with Crippen molar-refractivity contribution < 1.29 is 13.2 Å². The fourth-order valence-electron chi connectivity index (χ4n) is 2.10. The molecule has 136 valence electrons. The highest BCUT2D eigenvalue weighted by Crippen LogP contribution is 2.26. The highest BCUT2D eigenvalue weighted by atomic mass is 32.2. The number of sulfonamides is 1. The third-order valence-electron chi connectivity index (χ3n) is 3.17. The number of hydrogen-bond acceptors (Lipinski definition) is 7. The van der Waals surface area contributed by atoms with E-state index in [4.69, 9.17) is 0 Å². The van der Waals surface area contributed by atoms with Crippen LogP contribution >= 0.6 is 23.1 Å². The highest BCUT2D eigenvalue weighted by molar-refractivity contribution is 8.01. The highest BCUT2D eigenvalue weighted by Gasteiger charge is 2.29. The Labute approximate surface area is 155 Å². The molecule has 1 atom stereocenters. The maximum atomic E-state index is 12.5. The van der Waals surface area contributed by atoms with Gasteiger partial charge in [0.15, 0.2) is 4.34 Å². The molecular formula is C15H20N4O3S3. The lowest BCUT2D eigenvalue weighted by Gasteiger charge is -2.27. The standard InChI is InChI=1S/C15H20N4O3S3/c1-4-10-23-15-18-17-14(24-15)16-13(20)11(2)19(25(3,21)22)12-8-6-5-7-9-12/h5-9,11H,4,10H2,1-3H3,(H,16,17,20). The van der Waals surface area contributed by atoms with Crippen LogP contribution in [0.2, 0.25) is 0 Å². The van der Waals surface area contributed by atoms with Crippen LogP contribution in [0.15, 0.2) is 34.7 Å². The summed E-state index contributed by atoms with van der Waals surface area (Å²) in [4.78, 5) is 12.5. The molecule has 1 aromatic heterocycles. The Morgan fingerprint density at radius 1 is 1.32 bits per heavy atom. The summed E-state index contributed by atoms with van der Waals surface area (Å²) >= 11 is 2.85. The predicted octanol–water partition coefficient (Wildman–Crippen LogP) is 2.83. The molecular weight excluding hydrogens is 380 g/mol. The lowest BCUT2D eigenvalue weighted by molar-refractivity contribution is -0.116. The maximum Gasteiger partial charge on any atom is 0.249 e. The molecule has 0 aliphatic heterocycles. The molecule has 10 heteroatoms. The molecule has 2 aromatic rings. The average Bonchev–Trinajstić information content (AvgIpc) is 3.00. The predicted molar refractivity (Wildman–Crippen MR) is 103 cm³/mol. The lowest BCUT2D eigenvalue weighted by atomic mass is 10.2. The summed E-state index contributed by atoms with van der Waals surface area (Å²) in [7, 11) is -3.63. The number of para-hydroxylation sites is 1. The summed E-state index contributed by atoms with van der Waals surface area (Å²) in [5.41, 5.74) is 0.434. The minimum Gasteiger partial charge on any atom is -0.299 e. The molecule has 0 saturated carbocycles. The third-order valence-corrected chi connectivity index (χ3v) is 6.58. The first-order chi connectivity index (χ1) is 11.8. The first-order valence-electron chi connectivity index (χ1n) is 7.64. The summed E-state index contributed by atoms with van der Waals surface area (Å²) in [6, 6.07) is 7.60. The number of carbonyl (C=O) groups excluding carboxylic acids is 1. The van der Waals surface area contributed by atoms with Crippen LogP contribution in [0.1, 0.15) is 20.3 Å². The third kappa shape index (κ3) is 5.41. The summed E-state index contributed by atoms with van der Waals surface area (Å²) in [6.07, 6.45) is 2.09. The van der Waals surface area contributed by atoms with Gasteiger partial charge in [0.2, 0.25) is 21.1 Å². The summed E-state index contributed by atoms with van der Waals surface area (Å²) < 4.78 is 26.2. The molecule has 1 unspecified atom stereocenters.